The predicted molar refractivity (Wildman–Crippen MR) is 80.3 cm³/mol. The molecule has 7 nitrogen and oxygen atoms in total. The number of rotatable bonds is 3. The zero-order valence-electron chi connectivity index (χ0n) is 12.7. The molecule has 1 fully saturated rings. The third kappa shape index (κ3) is 2.53. The van der Waals surface area contributed by atoms with E-state index in [2.05, 4.69) is 10.4 Å². The number of amides is 1. The minimum absolute atomic E-state index is 0.0927. The van der Waals surface area contributed by atoms with Crippen LogP contribution in [0.25, 0.3) is 0 Å². The summed E-state index contributed by atoms with van der Waals surface area (Å²) in [7, 11) is 1.86. The first-order chi connectivity index (χ1) is 11.2. The van der Waals surface area contributed by atoms with Gasteiger partial charge in [-0.2, -0.15) is 5.10 Å². The Labute approximate surface area is 133 Å². The fourth-order valence-electron chi connectivity index (χ4n) is 3.01. The molecule has 0 spiro atoms. The maximum atomic E-state index is 12.6. The van der Waals surface area contributed by atoms with Crippen molar-refractivity contribution >= 4 is 5.91 Å². The molecule has 1 saturated heterocycles. The fourth-order valence-corrected chi connectivity index (χ4v) is 3.01. The Balaban J connectivity index is 1.53. The molecule has 2 aliphatic heterocycles. The van der Waals surface area contributed by atoms with Crippen LogP contribution in [0.4, 0.5) is 0 Å². The molecule has 0 saturated carbocycles. The van der Waals surface area contributed by atoms with Crippen LogP contribution in [0.3, 0.4) is 0 Å². The molecule has 1 amide bonds. The van der Waals surface area contributed by atoms with Crippen molar-refractivity contribution in [1.29, 1.82) is 0 Å². The SMILES string of the molecule is Cn1cc([C@H]2OCC[C@@H]2NC(=O)c2cccc3c2OCO3)cn1. The molecule has 2 atom stereocenters. The summed E-state index contributed by atoms with van der Waals surface area (Å²) >= 11 is 0. The Hall–Kier alpha value is -2.54. The highest BCUT2D eigenvalue weighted by Gasteiger charge is 2.33. The number of nitrogens with zero attached hydrogens (tertiary/aromatic N) is 2. The first kappa shape index (κ1) is 14.1. The average Bonchev–Trinajstić information content (AvgIpc) is 3.26. The molecular formula is C16H17N3O4. The molecule has 4 rings (SSSR count). The molecule has 0 radical (unpaired) electrons. The lowest BCUT2D eigenvalue weighted by Gasteiger charge is -2.19. The van der Waals surface area contributed by atoms with E-state index in [1.165, 1.54) is 0 Å². The molecule has 0 unspecified atom stereocenters. The number of aromatic nitrogens is 2. The van der Waals surface area contributed by atoms with Crippen molar-refractivity contribution in [3.8, 4) is 11.5 Å². The second-order valence-electron chi connectivity index (χ2n) is 5.65. The number of carbonyl (C=O) groups is 1. The van der Waals surface area contributed by atoms with E-state index in [1.807, 2.05) is 13.2 Å². The van der Waals surface area contributed by atoms with E-state index in [1.54, 1.807) is 29.1 Å². The van der Waals surface area contributed by atoms with Crippen molar-refractivity contribution < 1.29 is 19.0 Å². The third-order valence-corrected chi connectivity index (χ3v) is 4.10. The third-order valence-electron chi connectivity index (χ3n) is 4.10. The van der Waals surface area contributed by atoms with E-state index in [4.69, 9.17) is 14.2 Å². The molecule has 2 aromatic rings. The van der Waals surface area contributed by atoms with E-state index in [-0.39, 0.29) is 24.8 Å². The quantitative estimate of drug-likeness (QED) is 0.927. The molecule has 1 aromatic carbocycles. The normalized spacial score (nSPS) is 22.3. The van der Waals surface area contributed by atoms with Gasteiger partial charge in [0.15, 0.2) is 11.5 Å². The molecule has 23 heavy (non-hydrogen) atoms. The number of fused-ring (bicyclic) bond motifs is 1. The van der Waals surface area contributed by atoms with Gasteiger partial charge in [-0.3, -0.25) is 9.48 Å². The number of hydrogen-bond acceptors (Lipinski definition) is 5. The lowest BCUT2D eigenvalue weighted by Crippen LogP contribution is -2.36. The van der Waals surface area contributed by atoms with Gasteiger partial charge >= 0.3 is 0 Å². The maximum Gasteiger partial charge on any atom is 0.255 e. The van der Waals surface area contributed by atoms with Gasteiger partial charge in [-0.15, -0.1) is 0 Å². The number of hydrogen-bond donors (Lipinski definition) is 1. The van der Waals surface area contributed by atoms with Gasteiger partial charge in [0.05, 0.1) is 17.8 Å². The lowest BCUT2D eigenvalue weighted by atomic mass is 10.0. The maximum absolute atomic E-state index is 12.6. The van der Waals surface area contributed by atoms with Gasteiger partial charge in [0.2, 0.25) is 6.79 Å². The summed E-state index contributed by atoms with van der Waals surface area (Å²) in [4.78, 5) is 12.6. The van der Waals surface area contributed by atoms with E-state index >= 15 is 0 Å². The second-order valence-corrected chi connectivity index (χ2v) is 5.65. The van der Waals surface area contributed by atoms with E-state index < -0.39 is 0 Å². The number of carbonyl (C=O) groups excluding carboxylic acids is 1. The van der Waals surface area contributed by atoms with Gasteiger partial charge in [0.1, 0.15) is 6.10 Å². The summed E-state index contributed by atoms with van der Waals surface area (Å²) in [5, 5.41) is 7.21. The van der Waals surface area contributed by atoms with Crippen LogP contribution in [0.5, 0.6) is 11.5 Å². The summed E-state index contributed by atoms with van der Waals surface area (Å²) in [5.41, 5.74) is 1.45. The van der Waals surface area contributed by atoms with E-state index in [0.717, 1.165) is 12.0 Å². The number of aryl methyl sites for hydroxylation is 1. The summed E-state index contributed by atoms with van der Waals surface area (Å²) < 4.78 is 18.2. The molecule has 0 bridgehead atoms. The smallest absolute Gasteiger partial charge is 0.255 e. The van der Waals surface area contributed by atoms with Gasteiger partial charge in [-0.1, -0.05) is 6.07 Å². The zero-order chi connectivity index (χ0) is 15.8. The number of ether oxygens (including phenoxy) is 3. The van der Waals surface area contributed by atoms with Gasteiger partial charge in [-0.05, 0) is 18.6 Å². The van der Waals surface area contributed by atoms with Crippen molar-refractivity contribution in [2.24, 2.45) is 7.05 Å². The highest BCUT2D eigenvalue weighted by molar-refractivity contribution is 5.98. The lowest BCUT2D eigenvalue weighted by molar-refractivity contribution is 0.0818. The molecule has 1 N–H and O–H groups in total. The van der Waals surface area contributed by atoms with Crippen molar-refractivity contribution in [2.45, 2.75) is 18.6 Å². The van der Waals surface area contributed by atoms with Crippen LogP contribution in [-0.4, -0.2) is 35.1 Å². The fraction of sp³-hybridized carbons (Fsp3) is 0.375. The van der Waals surface area contributed by atoms with E-state index in [9.17, 15) is 4.79 Å². The molecule has 120 valence electrons. The topological polar surface area (TPSA) is 74.6 Å². The minimum atomic E-state index is -0.184. The van der Waals surface area contributed by atoms with Crippen LogP contribution in [-0.2, 0) is 11.8 Å². The first-order valence-electron chi connectivity index (χ1n) is 7.52. The molecule has 0 aliphatic carbocycles. The molecule has 7 heteroatoms. The van der Waals surface area contributed by atoms with Crippen LogP contribution >= 0.6 is 0 Å². The minimum Gasteiger partial charge on any atom is -0.454 e. The van der Waals surface area contributed by atoms with Crippen LogP contribution < -0.4 is 14.8 Å². The Morgan fingerprint density at radius 3 is 3.13 bits per heavy atom. The second kappa shape index (κ2) is 5.58. The molecule has 2 aliphatic rings. The molecular weight excluding hydrogens is 298 g/mol. The van der Waals surface area contributed by atoms with Crippen molar-refractivity contribution in [3.63, 3.8) is 0 Å². The van der Waals surface area contributed by atoms with Gasteiger partial charge < -0.3 is 19.5 Å². The highest BCUT2D eigenvalue weighted by atomic mass is 16.7. The zero-order valence-corrected chi connectivity index (χ0v) is 12.7. The van der Waals surface area contributed by atoms with Crippen molar-refractivity contribution in [2.75, 3.05) is 13.4 Å². The van der Waals surface area contributed by atoms with E-state index in [0.29, 0.717) is 23.7 Å². The Morgan fingerprint density at radius 1 is 1.39 bits per heavy atom. The molecule has 1 aromatic heterocycles. The van der Waals surface area contributed by atoms with Crippen LogP contribution in [0.1, 0.15) is 28.4 Å². The first-order valence-corrected chi connectivity index (χ1v) is 7.52. The van der Waals surface area contributed by atoms with Gasteiger partial charge in [-0.25, -0.2) is 0 Å². The van der Waals surface area contributed by atoms with Crippen molar-refractivity contribution in [1.82, 2.24) is 15.1 Å². The summed E-state index contributed by atoms with van der Waals surface area (Å²) in [6.45, 7) is 0.751. The summed E-state index contributed by atoms with van der Waals surface area (Å²) in [6.07, 6.45) is 4.26. The monoisotopic (exact) mass is 315 g/mol. The van der Waals surface area contributed by atoms with Crippen LogP contribution in [0, 0.1) is 0 Å². The Kier molecular flexibility index (Phi) is 3.42. The van der Waals surface area contributed by atoms with Gasteiger partial charge in [0, 0.05) is 25.4 Å². The summed E-state index contributed by atoms with van der Waals surface area (Å²) in [5.74, 6) is 0.919. The van der Waals surface area contributed by atoms with Gasteiger partial charge in [0.25, 0.3) is 5.91 Å². The van der Waals surface area contributed by atoms with Crippen LogP contribution in [0.15, 0.2) is 30.6 Å². The summed E-state index contributed by atoms with van der Waals surface area (Å²) in [6, 6.07) is 5.21. The highest BCUT2D eigenvalue weighted by Crippen LogP contribution is 2.36. The number of benzene rings is 1. The molecule has 3 heterocycles. The largest absolute Gasteiger partial charge is 0.454 e. The number of para-hydroxylation sites is 1. The standard InChI is InChI=1S/C16H17N3O4/c1-19-8-10(7-17-19)14-12(5-6-21-14)18-16(20)11-3-2-4-13-15(11)23-9-22-13/h2-4,7-8,12,14H,5-6,9H2,1H3,(H,18,20)/t12-,14+/m0/s1. The van der Waals surface area contributed by atoms with Crippen molar-refractivity contribution in [3.05, 3.63) is 41.7 Å². The Bertz CT molecular complexity index is 743. The number of nitrogens with one attached hydrogen (secondary N) is 1. The van der Waals surface area contributed by atoms with Crippen LogP contribution in [0.2, 0.25) is 0 Å². The average molecular weight is 315 g/mol. The predicted octanol–water partition coefficient (Wildman–Crippen LogP) is 1.41. The Morgan fingerprint density at radius 2 is 2.30 bits per heavy atom.